The van der Waals surface area contributed by atoms with E-state index in [0.717, 1.165) is 25.7 Å². The summed E-state index contributed by atoms with van der Waals surface area (Å²) in [6, 6.07) is 9.58. The van der Waals surface area contributed by atoms with Crippen LogP contribution in [0.1, 0.15) is 57.4 Å². The standard InChI is InChI=1S/C29H32N2O/c1-27-11-9-23-16-22-5-6-24(30-2)17-28(22)12-13-29(23,32-28)26(27)8-7-25(27)20-4-3-19-10-14-31-18-21(19)15-20/h3-4,7,9-10,14-16,18,24,26,30H,5-6,8,11-13,17H2,1-2H3/t24?,26-,27-,28-,29-/m1/s1. The molecule has 0 amide bonds. The Hall–Kier alpha value is -2.23. The van der Waals surface area contributed by atoms with Crippen molar-refractivity contribution in [2.24, 2.45) is 11.3 Å². The monoisotopic (exact) mass is 424 g/mol. The van der Waals surface area contributed by atoms with Crippen molar-refractivity contribution in [2.45, 2.75) is 69.1 Å². The zero-order chi connectivity index (χ0) is 21.6. The predicted octanol–water partition coefficient (Wildman–Crippen LogP) is 5.97. The Morgan fingerprint density at radius 3 is 2.97 bits per heavy atom. The molecule has 2 aromatic rings. The molecule has 2 fully saturated rings. The van der Waals surface area contributed by atoms with Crippen LogP contribution in [0.25, 0.3) is 16.3 Å². The van der Waals surface area contributed by atoms with E-state index in [0.29, 0.717) is 12.0 Å². The van der Waals surface area contributed by atoms with E-state index in [1.807, 2.05) is 12.4 Å². The molecule has 7 rings (SSSR count). The summed E-state index contributed by atoms with van der Waals surface area (Å²) in [5.74, 6) is 0.515. The highest BCUT2D eigenvalue weighted by molar-refractivity contribution is 5.87. The zero-order valence-corrected chi connectivity index (χ0v) is 19.2. The summed E-state index contributed by atoms with van der Waals surface area (Å²) in [7, 11) is 2.11. The fourth-order valence-corrected chi connectivity index (χ4v) is 7.93. The summed E-state index contributed by atoms with van der Waals surface area (Å²) in [6.45, 7) is 2.50. The van der Waals surface area contributed by atoms with Crippen LogP contribution < -0.4 is 5.32 Å². The van der Waals surface area contributed by atoms with E-state index in [9.17, 15) is 0 Å². The number of nitrogens with one attached hydrogen (secondary N) is 1. The summed E-state index contributed by atoms with van der Waals surface area (Å²) in [5.41, 5.74) is 5.91. The van der Waals surface area contributed by atoms with E-state index in [4.69, 9.17) is 4.74 Å². The van der Waals surface area contributed by atoms with Crippen LogP contribution in [-0.2, 0) is 4.74 Å². The van der Waals surface area contributed by atoms with Crippen LogP contribution in [0.3, 0.4) is 0 Å². The summed E-state index contributed by atoms with van der Waals surface area (Å²) >= 11 is 0. The van der Waals surface area contributed by atoms with Gasteiger partial charge < -0.3 is 10.1 Å². The molecule has 3 nitrogen and oxygen atoms in total. The molecule has 1 saturated heterocycles. The summed E-state index contributed by atoms with van der Waals surface area (Å²) < 4.78 is 7.33. The maximum atomic E-state index is 7.33. The Labute approximate surface area is 190 Å². The minimum atomic E-state index is -0.108. The molecule has 1 unspecified atom stereocenters. The fraction of sp³-hybridized carbons (Fsp3) is 0.483. The molecule has 1 saturated carbocycles. The van der Waals surface area contributed by atoms with Gasteiger partial charge in [0.2, 0.25) is 0 Å². The number of rotatable bonds is 2. The Morgan fingerprint density at radius 2 is 2.06 bits per heavy atom. The molecule has 3 aliphatic carbocycles. The van der Waals surface area contributed by atoms with Crippen molar-refractivity contribution in [3.8, 4) is 0 Å². The third kappa shape index (κ3) is 2.36. The van der Waals surface area contributed by atoms with Gasteiger partial charge in [0.25, 0.3) is 0 Å². The van der Waals surface area contributed by atoms with Crippen LogP contribution in [0.15, 0.2) is 66.0 Å². The topological polar surface area (TPSA) is 34.2 Å². The lowest BCUT2D eigenvalue weighted by Crippen LogP contribution is -2.54. The number of benzene rings is 1. The zero-order valence-electron chi connectivity index (χ0n) is 19.2. The first-order chi connectivity index (χ1) is 15.6. The SMILES string of the molecule is CNC1CCC2=CC3=CC[C@]4(C)C(c5ccc6ccncc6c5)=CC[C@H]4[C@@]34CC[C@]2(C1)O4. The lowest BCUT2D eigenvalue weighted by Gasteiger charge is -2.54. The third-order valence-corrected chi connectivity index (χ3v) is 9.63. The number of fused-ring (bicyclic) bond motifs is 2. The van der Waals surface area contributed by atoms with Gasteiger partial charge in [0.1, 0.15) is 0 Å². The van der Waals surface area contributed by atoms with E-state index in [-0.39, 0.29) is 16.6 Å². The minimum absolute atomic E-state index is 0.0289. The molecule has 0 radical (unpaired) electrons. The Balaban J connectivity index is 1.30. The van der Waals surface area contributed by atoms with E-state index in [1.54, 1.807) is 5.57 Å². The van der Waals surface area contributed by atoms with Crippen LogP contribution in [0.4, 0.5) is 0 Å². The highest BCUT2D eigenvalue weighted by Gasteiger charge is 2.65. The molecular formula is C29H32N2O. The molecule has 2 spiro atoms. The molecule has 164 valence electrons. The van der Waals surface area contributed by atoms with E-state index in [1.165, 1.54) is 46.7 Å². The molecule has 1 aromatic carbocycles. The van der Waals surface area contributed by atoms with Gasteiger partial charge in [-0.05, 0) is 91.8 Å². The smallest absolute Gasteiger partial charge is 0.0980 e. The van der Waals surface area contributed by atoms with Crippen molar-refractivity contribution in [1.29, 1.82) is 0 Å². The first-order valence-corrected chi connectivity index (χ1v) is 12.4. The lowest BCUT2D eigenvalue weighted by atomic mass is 9.58. The van der Waals surface area contributed by atoms with E-state index >= 15 is 0 Å². The number of hydrogen-bond donors (Lipinski definition) is 1. The first kappa shape index (κ1) is 19.3. The fourth-order valence-electron chi connectivity index (χ4n) is 7.93. The lowest BCUT2D eigenvalue weighted by molar-refractivity contribution is -0.130. The summed E-state index contributed by atoms with van der Waals surface area (Å²) in [5, 5.41) is 6.03. The van der Waals surface area contributed by atoms with Crippen molar-refractivity contribution >= 4 is 16.3 Å². The van der Waals surface area contributed by atoms with Crippen LogP contribution >= 0.6 is 0 Å². The summed E-state index contributed by atoms with van der Waals surface area (Å²) in [4.78, 5) is 4.35. The average Bonchev–Trinajstić information content (AvgIpc) is 3.33. The van der Waals surface area contributed by atoms with Gasteiger partial charge in [0.05, 0.1) is 11.2 Å². The number of pyridine rings is 1. The van der Waals surface area contributed by atoms with Gasteiger partial charge >= 0.3 is 0 Å². The van der Waals surface area contributed by atoms with Gasteiger partial charge in [-0.15, -0.1) is 0 Å². The van der Waals surface area contributed by atoms with Crippen molar-refractivity contribution in [3.05, 3.63) is 71.6 Å². The summed E-state index contributed by atoms with van der Waals surface area (Å²) in [6.07, 6.45) is 19.6. The van der Waals surface area contributed by atoms with Crippen molar-refractivity contribution in [3.63, 3.8) is 0 Å². The van der Waals surface area contributed by atoms with Gasteiger partial charge in [-0.25, -0.2) is 0 Å². The molecule has 2 aliphatic heterocycles. The van der Waals surface area contributed by atoms with Gasteiger partial charge in [0.15, 0.2) is 0 Å². The number of hydrogen-bond acceptors (Lipinski definition) is 3. The second-order valence-electron chi connectivity index (χ2n) is 11.0. The maximum Gasteiger partial charge on any atom is 0.0980 e. The molecule has 5 aliphatic rings. The number of ether oxygens (including phenoxy) is 1. The van der Waals surface area contributed by atoms with Gasteiger partial charge in [0, 0.05) is 35.2 Å². The Morgan fingerprint density at radius 1 is 1.12 bits per heavy atom. The number of aromatic nitrogens is 1. The molecule has 3 heteroatoms. The van der Waals surface area contributed by atoms with Crippen LogP contribution in [0, 0.1) is 11.3 Å². The predicted molar refractivity (Wildman–Crippen MR) is 129 cm³/mol. The minimum Gasteiger partial charge on any atom is -0.359 e. The van der Waals surface area contributed by atoms with Crippen LogP contribution in [0.5, 0.6) is 0 Å². The van der Waals surface area contributed by atoms with Crippen LogP contribution in [0.2, 0.25) is 0 Å². The van der Waals surface area contributed by atoms with Crippen molar-refractivity contribution in [2.75, 3.05) is 7.05 Å². The normalized spacial score (nSPS) is 39.6. The highest BCUT2D eigenvalue weighted by Crippen LogP contribution is 2.67. The van der Waals surface area contributed by atoms with E-state index < -0.39 is 0 Å². The Bertz CT molecular complexity index is 1220. The largest absolute Gasteiger partial charge is 0.359 e. The van der Waals surface area contributed by atoms with E-state index in [2.05, 4.69) is 66.8 Å². The maximum absolute atomic E-state index is 7.33. The first-order valence-electron chi connectivity index (χ1n) is 12.4. The highest BCUT2D eigenvalue weighted by atomic mass is 16.5. The third-order valence-electron chi connectivity index (χ3n) is 9.63. The van der Waals surface area contributed by atoms with Crippen LogP contribution in [-0.4, -0.2) is 29.3 Å². The second kappa shape index (κ2) is 6.42. The number of allylic oxidation sites excluding steroid dienone is 3. The molecule has 5 atom stereocenters. The average molecular weight is 425 g/mol. The molecule has 1 N–H and O–H groups in total. The second-order valence-corrected chi connectivity index (χ2v) is 11.0. The Kier molecular flexibility index (Phi) is 3.87. The number of nitrogens with zero attached hydrogens (tertiary/aromatic N) is 1. The van der Waals surface area contributed by atoms with Crippen molar-refractivity contribution in [1.82, 2.24) is 10.3 Å². The van der Waals surface area contributed by atoms with Gasteiger partial charge in [-0.3, -0.25) is 4.98 Å². The van der Waals surface area contributed by atoms with Crippen molar-refractivity contribution < 1.29 is 4.74 Å². The molecule has 3 heterocycles. The van der Waals surface area contributed by atoms with Gasteiger partial charge in [-0.1, -0.05) is 37.3 Å². The molecular weight excluding hydrogens is 392 g/mol. The molecule has 2 bridgehead atoms. The van der Waals surface area contributed by atoms with Gasteiger partial charge in [-0.2, -0.15) is 0 Å². The molecule has 32 heavy (non-hydrogen) atoms. The quantitative estimate of drug-likeness (QED) is 0.644. The molecule has 1 aromatic heterocycles.